The first-order valence-corrected chi connectivity index (χ1v) is 8.30. The summed E-state index contributed by atoms with van der Waals surface area (Å²) in [7, 11) is 0. The molecule has 1 spiro atoms. The smallest absolute Gasteiger partial charge is 0.324 e. The number of anilines is 1. The van der Waals surface area contributed by atoms with Crippen molar-refractivity contribution in [2.24, 2.45) is 0 Å². The predicted molar refractivity (Wildman–Crippen MR) is 82.9 cm³/mol. The molecule has 5 rings (SSSR count). The molecule has 0 radical (unpaired) electrons. The molecule has 114 valence electrons. The number of urea groups is 1. The third-order valence-electron chi connectivity index (χ3n) is 4.74. The number of thiazole rings is 1. The zero-order valence-electron chi connectivity index (χ0n) is 11.9. The van der Waals surface area contributed by atoms with Gasteiger partial charge in [0.25, 0.3) is 0 Å². The molecule has 2 saturated heterocycles. The van der Waals surface area contributed by atoms with Gasteiger partial charge in [-0.3, -0.25) is 4.90 Å². The lowest BCUT2D eigenvalue weighted by atomic mass is 9.99. The van der Waals surface area contributed by atoms with E-state index in [9.17, 15) is 4.79 Å². The third-order valence-corrected chi connectivity index (χ3v) is 5.75. The van der Waals surface area contributed by atoms with Gasteiger partial charge in [-0.15, -0.1) is 0 Å². The molecule has 7 heteroatoms. The Labute approximate surface area is 131 Å². The Kier molecular flexibility index (Phi) is 2.49. The molecule has 1 unspecified atom stereocenters. The van der Waals surface area contributed by atoms with E-state index in [0.717, 1.165) is 39.5 Å². The molecule has 2 amide bonds. The molecule has 22 heavy (non-hydrogen) atoms. The van der Waals surface area contributed by atoms with Crippen LogP contribution in [0, 0.1) is 0 Å². The first-order chi connectivity index (χ1) is 10.8. The van der Waals surface area contributed by atoms with Crippen LogP contribution in [0.5, 0.6) is 5.75 Å². The zero-order valence-corrected chi connectivity index (χ0v) is 12.7. The summed E-state index contributed by atoms with van der Waals surface area (Å²) < 4.78 is 12.3. The van der Waals surface area contributed by atoms with Crippen LogP contribution in [0.2, 0.25) is 0 Å². The van der Waals surface area contributed by atoms with E-state index in [0.29, 0.717) is 26.4 Å². The van der Waals surface area contributed by atoms with Crippen LogP contribution in [-0.4, -0.2) is 42.9 Å². The average molecular weight is 317 g/mol. The van der Waals surface area contributed by atoms with Crippen LogP contribution < -0.4 is 15.0 Å². The Balaban J connectivity index is 1.65. The van der Waals surface area contributed by atoms with Crippen LogP contribution in [0.4, 0.5) is 9.93 Å². The molecule has 2 fully saturated rings. The van der Waals surface area contributed by atoms with Crippen LogP contribution in [0.25, 0.3) is 10.2 Å². The SMILES string of the molecule is O=C1NCC2(CCOC2)N1c1nc2c3c(ccc2s1)OCC3. The number of amides is 2. The molecule has 1 aromatic heterocycles. The molecule has 3 aliphatic rings. The number of nitrogens with one attached hydrogen (secondary N) is 1. The molecule has 0 bridgehead atoms. The van der Waals surface area contributed by atoms with E-state index in [1.54, 1.807) is 11.3 Å². The number of fused-ring (bicyclic) bond motifs is 3. The quantitative estimate of drug-likeness (QED) is 0.873. The Morgan fingerprint density at radius 3 is 3.18 bits per heavy atom. The second-order valence-corrected chi connectivity index (χ2v) is 7.01. The molecule has 4 heterocycles. The maximum absolute atomic E-state index is 12.3. The van der Waals surface area contributed by atoms with E-state index < -0.39 is 0 Å². The Morgan fingerprint density at radius 1 is 1.36 bits per heavy atom. The maximum atomic E-state index is 12.3. The van der Waals surface area contributed by atoms with Crippen LogP contribution in [0.3, 0.4) is 0 Å². The van der Waals surface area contributed by atoms with Gasteiger partial charge in [0.2, 0.25) is 0 Å². The van der Waals surface area contributed by atoms with Gasteiger partial charge in [-0.2, -0.15) is 0 Å². The van der Waals surface area contributed by atoms with Crippen molar-refractivity contribution >= 4 is 32.7 Å². The standard InChI is InChI=1S/C15H15N3O3S/c19-13-16-7-15(4-6-20-8-15)18(13)14-17-12-9-3-5-21-10(9)1-2-11(12)22-14/h1-2H,3-8H2,(H,16,19). The molecular formula is C15H15N3O3S. The largest absolute Gasteiger partial charge is 0.493 e. The fourth-order valence-electron chi connectivity index (χ4n) is 3.57. The number of carbonyl (C=O) groups excluding carboxylic acids is 1. The minimum Gasteiger partial charge on any atom is -0.493 e. The minimum atomic E-state index is -0.273. The number of nitrogens with zero attached hydrogens (tertiary/aromatic N) is 2. The summed E-state index contributed by atoms with van der Waals surface area (Å²) >= 11 is 1.57. The van der Waals surface area contributed by atoms with Gasteiger partial charge in [0.05, 0.1) is 29.0 Å². The number of hydrogen-bond acceptors (Lipinski definition) is 5. The number of benzene rings is 1. The van der Waals surface area contributed by atoms with Crippen LogP contribution >= 0.6 is 11.3 Å². The Bertz CT molecular complexity index is 782. The van der Waals surface area contributed by atoms with Gasteiger partial charge < -0.3 is 14.8 Å². The number of ether oxygens (including phenoxy) is 2. The van der Waals surface area contributed by atoms with Gasteiger partial charge >= 0.3 is 6.03 Å². The van der Waals surface area contributed by atoms with Crippen molar-refractivity contribution in [2.75, 3.05) is 31.3 Å². The molecular weight excluding hydrogens is 302 g/mol. The van der Waals surface area contributed by atoms with E-state index in [4.69, 9.17) is 14.5 Å². The second kappa shape index (κ2) is 4.33. The van der Waals surface area contributed by atoms with Crippen molar-refractivity contribution in [3.05, 3.63) is 17.7 Å². The summed E-state index contributed by atoms with van der Waals surface area (Å²) in [6.45, 7) is 2.61. The Morgan fingerprint density at radius 2 is 2.32 bits per heavy atom. The average Bonchev–Trinajstić information content (AvgIpc) is 3.26. The fourth-order valence-corrected chi connectivity index (χ4v) is 4.67. The Hall–Kier alpha value is -1.86. The van der Waals surface area contributed by atoms with Gasteiger partial charge in [-0.05, 0) is 18.6 Å². The van der Waals surface area contributed by atoms with Crippen LogP contribution in [0.1, 0.15) is 12.0 Å². The molecule has 2 aromatic rings. The zero-order chi connectivity index (χ0) is 14.7. The predicted octanol–water partition coefficient (Wildman–Crippen LogP) is 1.92. The molecule has 1 atom stereocenters. The van der Waals surface area contributed by atoms with Gasteiger partial charge in [0.15, 0.2) is 5.13 Å². The highest BCUT2D eigenvalue weighted by atomic mass is 32.1. The first-order valence-electron chi connectivity index (χ1n) is 7.48. The highest BCUT2D eigenvalue weighted by Crippen LogP contribution is 2.41. The van der Waals surface area contributed by atoms with E-state index >= 15 is 0 Å². The lowest BCUT2D eigenvalue weighted by molar-refractivity contribution is 0.181. The van der Waals surface area contributed by atoms with Crippen molar-refractivity contribution in [1.29, 1.82) is 0 Å². The van der Waals surface area contributed by atoms with Crippen molar-refractivity contribution in [3.8, 4) is 5.75 Å². The fraction of sp³-hybridized carbons (Fsp3) is 0.467. The number of hydrogen-bond donors (Lipinski definition) is 1. The molecule has 0 aliphatic carbocycles. The van der Waals surface area contributed by atoms with Gasteiger partial charge in [-0.1, -0.05) is 11.3 Å². The van der Waals surface area contributed by atoms with Crippen molar-refractivity contribution in [2.45, 2.75) is 18.4 Å². The van der Waals surface area contributed by atoms with Crippen LogP contribution in [-0.2, 0) is 11.2 Å². The van der Waals surface area contributed by atoms with E-state index in [1.165, 1.54) is 0 Å². The highest BCUT2D eigenvalue weighted by molar-refractivity contribution is 7.22. The molecule has 1 aromatic carbocycles. The van der Waals surface area contributed by atoms with Gasteiger partial charge in [0, 0.05) is 25.1 Å². The molecule has 6 nitrogen and oxygen atoms in total. The number of rotatable bonds is 1. The summed E-state index contributed by atoms with van der Waals surface area (Å²) in [6.07, 6.45) is 1.74. The summed E-state index contributed by atoms with van der Waals surface area (Å²) in [5.74, 6) is 0.925. The summed E-state index contributed by atoms with van der Waals surface area (Å²) in [4.78, 5) is 18.9. The molecule has 3 aliphatic heterocycles. The van der Waals surface area contributed by atoms with E-state index in [2.05, 4.69) is 5.32 Å². The number of carbonyl (C=O) groups is 1. The normalized spacial score (nSPS) is 26.7. The first kappa shape index (κ1) is 12.7. The second-order valence-electron chi connectivity index (χ2n) is 6.00. The van der Waals surface area contributed by atoms with Crippen molar-refractivity contribution in [1.82, 2.24) is 10.3 Å². The minimum absolute atomic E-state index is 0.0718. The maximum Gasteiger partial charge on any atom is 0.324 e. The summed E-state index contributed by atoms with van der Waals surface area (Å²) in [5.41, 5.74) is 1.87. The number of aromatic nitrogens is 1. The van der Waals surface area contributed by atoms with E-state index in [1.807, 2.05) is 17.0 Å². The topological polar surface area (TPSA) is 63.7 Å². The van der Waals surface area contributed by atoms with Crippen molar-refractivity contribution in [3.63, 3.8) is 0 Å². The lowest BCUT2D eigenvalue weighted by Crippen LogP contribution is -2.48. The van der Waals surface area contributed by atoms with E-state index in [-0.39, 0.29) is 11.6 Å². The summed E-state index contributed by atoms with van der Waals surface area (Å²) in [5, 5.41) is 3.71. The monoisotopic (exact) mass is 317 g/mol. The molecule has 0 saturated carbocycles. The van der Waals surface area contributed by atoms with Gasteiger partial charge in [0.1, 0.15) is 5.75 Å². The third kappa shape index (κ3) is 1.58. The van der Waals surface area contributed by atoms with Gasteiger partial charge in [-0.25, -0.2) is 9.78 Å². The van der Waals surface area contributed by atoms with Crippen LogP contribution in [0.15, 0.2) is 12.1 Å². The molecule has 1 N–H and O–H groups in total. The summed E-state index contributed by atoms with van der Waals surface area (Å²) in [6, 6.07) is 3.97. The lowest BCUT2D eigenvalue weighted by Gasteiger charge is -2.29. The van der Waals surface area contributed by atoms with Crippen molar-refractivity contribution < 1.29 is 14.3 Å². The highest BCUT2D eigenvalue weighted by Gasteiger charge is 2.50.